The van der Waals surface area contributed by atoms with Crippen LogP contribution in [0.2, 0.25) is 0 Å². The number of hydrogen-bond acceptors (Lipinski definition) is 6. The molecule has 18 heavy (non-hydrogen) atoms. The van der Waals surface area contributed by atoms with Gasteiger partial charge >= 0.3 is 5.97 Å². The number of carbonyl (C=O) groups excluding carboxylic acids is 1. The minimum absolute atomic E-state index is 0.364. The van der Waals surface area contributed by atoms with Crippen LogP contribution >= 0.6 is 22.7 Å². The first-order valence-electron chi connectivity index (χ1n) is 5.68. The first-order chi connectivity index (χ1) is 8.81. The second-order valence-corrected chi connectivity index (χ2v) is 5.39. The van der Waals surface area contributed by atoms with E-state index in [9.17, 15) is 4.79 Å². The molecule has 0 unspecified atom stereocenters. The third-order valence-electron chi connectivity index (χ3n) is 2.27. The molecule has 0 radical (unpaired) electrons. The highest BCUT2D eigenvalue weighted by molar-refractivity contribution is 7.14. The van der Waals surface area contributed by atoms with Crippen LogP contribution < -0.4 is 5.32 Å². The second kappa shape index (κ2) is 6.51. The Balaban J connectivity index is 1.89. The topological polar surface area (TPSA) is 51.2 Å². The van der Waals surface area contributed by atoms with E-state index in [4.69, 9.17) is 4.74 Å². The molecule has 0 spiro atoms. The van der Waals surface area contributed by atoms with Crippen LogP contribution in [0.5, 0.6) is 0 Å². The zero-order valence-corrected chi connectivity index (χ0v) is 11.6. The van der Waals surface area contributed by atoms with Crippen molar-refractivity contribution in [2.45, 2.75) is 13.3 Å². The van der Waals surface area contributed by atoms with Gasteiger partial charge in [0.15, 0.2) is 5.69 Å². The molecule has 0 atom stereocenters. The van der Waals surface area contributed by atoms with Gasteiger partial charge < -0.3 is 10.1 Å². The van der Waals surface area contributed by atoms with Crippen LogP contribution in [0.15, 0.2) is 23.0 Å². The van der Waals surface area contributed by atoms with Crippen molar-refractivity contribution in [2.75, 3.05) is 18.5 Å². The third kappa shape index (κ3) is 3.30. The van der Waals surface area contributed by atoms with Gasteiger partial charge in [-0.3, -0.25) is 0 Å². The van der Waals surface area contributed by atoms with Crippen molar-refractivity contribution in [3.05, 3.63) is 33.6 Å². The van der Waals surface area contributed by atoms with Gasteiger partial charge in [-0.05, 0) is 24.8 Å². The lowest BCUT2D eigenvalue weighted by Crippen LogP contribution is -2.10. The summed E-state index contributed by atoms with van der Waals surface area (Å²) in [6.45, 7) is 2.94. The fraction of sp³-hybridized carbons (Fsp3) is 0.333. The van der Waals surface area contributed by atoms with E-state index in [0.717, 1.165) is 18.0 Å². The number of aromatic nitrogens is 1. The maximum Gasteiger partial charge on any atom is 0.360 e. The van der Waals surface area contributed by atoms with Gasteiger partial charge in [0.1, 0.15) is 5.00 Å². The number of hydrogen-bond donors (Lipinski definition) is 1. The molecule has 4 nitrogen and oxygen atoms in total. The number of anilines is 1. The van der Waals surface area contributed by atoms with Gasteiger partial charge in [0.25, 0.3) is 0 Å². The number of nitrogens with one attached hydrogen (secondary N) is 1. The number of thiazole rings is 1. The normalized spacial score (nSPS) is 10.3. The van der Waals surface area contributed by atoms with E-state index in [0.29, 0.717) is 12.3 Å². The van der Waals surface area contributed by atoms with Crippen molar-refractivity contribution < 1.29 is 9.53 Å². The molecule has 1 N–H and O–H groups in total. The molecule has 2 aromatic rings. The molecule has 0 aliphatic heterocycles. The van der Waals surface area contributed by atoms with Gasteiger partial charge in [-0.15, -0.1) is 22.7 Å². The summed E-state index contributed by atoms with van der Waals surface area (Å²) in [6.07, 6.45) is 0.942. The standard InChI is InChI=1S/C12H14N2O2S2/c1-2-16-12(15)10-11(18-8-14-10)13-6-5-9-4-3-7-17-9/h3-4,7-8,13H,2,5-6H2,1H3. The number of thiophene rings is 1. The van der Waals surface area contributed by atoms with Crippen LogP contribution in [0, 0.1) is 0 Å². The van der Waals surface area contributed by atoms with Crippen molar-refractivity contribution in [2.24, 2.45) is 0 Å². The molecule has 0 aliphatic carbocycles. The minimum atomic E-state index is -0.364. The van der Waals surface area contributed by atoms with Crippen molar-refractivity contribution in [1.82, 2.24) is 4.98 Å². The highest BCUT2D eigenvalue weighted by atomic mass is 32.1. The molecule has 2 aromatic heterocycles. The first-order valence-corrected chi connectivity index (χ1v) is 7.44. The Bertz CT molecular complexity index is 494. The van der Waals surface area contributed by atoms with Gasteiger partial charge in [0, 0.05) is 11.4 Å². The summed E-state index contributed by atoms with van der Waals surface area (Å²) in [5, 5.41) is 6.08. The van der Waals surface area contributed by atoms with E-state index in [2.05, 4.69) is 21.7 Å². The Hall–Kier alpha value is -1.40. The Labute approximate surface area is 114 Å². The maximum absolute atomic E-state index is 11.6. The maximum atomic E-state index is 11.6. The van der Waals surface area contributed by atoms with Crippen LogP contribution in [-0.4, -0.2) is 24.1 Å². The van der Waals surface area contributed by atoms with E-state index in [1.807, 2.05) is 6.07 Å². The van der Waals surface area contributed by atoms with E-state index >= 15 is 0 Å². The summed E-state index contributed by atoms with van der Waals surface area (Å²) >= 11 is 3.16. The quantitative estimate of drug-likeness (QED) is 0.827. The molecule has 6 heteroatoms. The average Bonchev–Trinajstić information content (AvgIpc) is 3.00. The van der Waals surface area contributed by atoms with Gasteiger partial charge in [0.2, 0.25) is 0 Å². The lowest BCUT2D eigenvalue weighted by molar-refractivity contribution is 0.0521. The average molecular weight is 282 g/mol. The van der Waals surface area contributed by atoms with Crippen LogP contribution in [0.3, 0.4) is 0 Å². The van der Waals surface area contributed by atoms with Crippen LogP contribution in [0.1, 0.15) is 22.3 Å². The van der Waals surface area contributed by atoms with Crippen molar-refractivity contribution in [3.8, 4) is 0 Å². The Morgan fingerprint density at radius 2 is 2.39 bits per heavy atom. The number of rotatable bonds is 6. The first kappa shape index (κ1) is 13.0. The third-order valence-corrected chi connectivity index (χ3v) is 3.99. The molecule has 96 valence electrons. The van der Waals surface area contributed by atoms with E-state index < -0.39 is 0 Å². The highest BCUT2D eigenvalue weighted by Crippen LogP contribution is 2.21. The van der Waals surface area contributed by atoms with E-state index in [1.165, 1.54) is 16.2 Å². The van der Waals surface area contributed by atoms with Crippen molar-refractivity contribution >= 4 is 33.6 Å². The van der Waals surface area contributed by atoms with Gasteiger partial charge in [0.05, 0.1) is 12.1 Å². The number of esters is 1. The lowest BCUT2D eigenvalue weighted by Gasteiger charge is -2.05. The predicted molar refractivity (Wildman–Crippen MR) is 74.6 cm³/mol. The summed E-state index contributed by atoms with van der Waals surface area (Å²) in [5.41, 5.74) is 2.03. The molecule has 0 bridgehead atoms. The summed E-state index contributed by atoms with van der Waals surface area (Å²) in [6, 6.07) is 4.14. The highest BCUT2D eigenvalue weighted by Gasteiger charge is 2.15. The summed E-state index contributed by atoms with van der Waals surface area (Å²) < 4.78 is 4.95. The van der Waals surface area contributed by atoms with Gasteiger partial charge in [-0.1, -0.05) is 6.07 Å². The number of nitrogens with zero attached hydrogens (tertiary/aromatic N) is 1. The number of ether oxygens (including phenoxy) is 1. The Morgan fingerprint density at radius 3 is 3.11 bits per heavy atom. The zero-order valence-electron chi connectivity index (χ0n) is 10.0. The molecule has 0 saturated heterocycles. The van der Waals surface area contributed by atoms with Gasteiger partial charge in [-0.25, -0.2) is 9.78 Å². The Morgan fingerprint density at radius 1 is 1.50 bits per heavy atom. The van der Waals surface area contributed by atoms with Crippen molar-refractivity contribution in [1.29, 1.82) is 0 Å². The molecule has 0 saturated carbocycles. The van der Waals surface area contributed by atoms with Crippen LogP contribution in [-0.2, 0) is 11.2 Å². The molecule has 0 aliphatic rings. The number of carbonyl (C=O) groups is 1. The lowest BCUT2D eigenvalue weighted by atomic mass is 10.3. The molecule has 0 amide bonds. The van der Waals surface area contributed by atoms with E-state index in [1.54, 1.807) is 23.8 Å². The fourth-order valence-corrected chi connectivity index (χ4v) is 2.88. The van der Waals surface area contributed by atoms with Gasteiger partial charge in [-0.2, -0.15) is 0 Å². The van der Waals surface area contributed by atoms with E-state index in [-0.39, 0.29) is 5.97 Å². The fourth-order valence-electron chi connectivity index (χ4n) is 1.47. The van der Waals surface area contributed by atoms with Crippen LogP contribution in [0.4, 0.5) is 5.00 Å². The molecule has 0 fully saturated rings. The molecule has 2 rings (SSSR count). The minimum Gasteiger partial charge on any atom is -0.461 e. The molecular formula is C12H14N2O2S2. The predicted octanol–water partition coefficient (Wildman–Crippen LogP) is 3.04. The second-order valence-electron chi connectivity index (χ2n) is 3.51. The largest absolute Gasteiger partial charge is 0.461 e. The summed E-state index contributed by atoms with van der Waals surface area (Å²) in [5.74, 6) is -0.364. The smallest absolute Gasteiger partial charge is 0.360 e. The summed E-state index contributed by atoms with van der Waals surface area (Å²) in [4.78, 5) is 17.0. The summed E-state index contributed by atoms with van der Waals surface area (Å²) in [7, 11) is 0. The molecule has 2 heterocycles. The molecular weight excluding hydrogens is 268 g/mol. The Kier molecular flexibility index (Phi) is 4.72. The molecule has 0 aromatic carbocycles. The van der Waals surface area contributed by atoms with Crippen LogP contribution in [0.25, 0.3) is 0 Å². The SMILES string of the molecule is CCOC(=O)c1ncsc1NCCc1cccs1. The zero-order chi connectivity index (χ0) is 12.8. The van der Waals surface area contributed by atoms with Crippen molar-refractivity contribution in [3.63, 3.8) is 0 Å². The monoisotopic (exact) mass is 282 g/mol.